The maximum Gasteiger partial charge on any atom is 0.260 e. The molecule has 2 aromatic rings. The van der Waals surface area contributed by atoms with E-state index in [0.717, 1.165) is 23.9 Å². The van der Waals surface area contributed by atoms with Gasteiger partial charge in [-0.15, -0.1) is 0 Å². The first-order valence-electron chi connectivity index (χ1n) is 7.91. The van der Waals surface area contributed by atoms with Crippen molar-refractivity contribution in [2.24, 2.45) is 14.1 Å². The second-order valence-corrected chi connectivity index (χ2v) is 6.33. The molecule has 0 atom stereocenters. The smallest absolute Gasteiger partial charge is 0.260 e. The number of hydrogen-bond acceptors (Lipinski definition) is 3. The topological polar surface area (TPSA) is 56.5 Å². The Hall–Kier alpha value is -2.08. The first-order valence-corrected chi connectivity index (χ1v) is 7.91. The van der Waals surface area contributed by atoms with Crippen molar-refractivity contribution in [3.8, 4) is 0 Å². The van der Waals surface area contributed by atoms with Gasteiger partial charge in [0.2, 0.25) is 0 Å². The van der Waals surface area contributed by atoms with E-state index in [-0.39, 0.29) is 17.6 Å². The molecular weight excluding hydrogens is 294 g/mol. The first kappa shape index (κ1) is 15.8. The molecule has 1 aliphatic rings. The molecule has 0 radical (unpaired) electrons. The molecule has 0 aliphatic carbocycles. The van der Waals surface area contributed by atoms with Crippen molar-refractivity contribution in [3.05, 3.63) is 33.9 Å². The van der Waals surface area contributed by atoms with Crippen molar-refractivity contribution < 1.29 is 9.53 Å². The van der Waals surface area contributed by atoms with Crippen LogP contribution in [-0.2, 0) is 18.8 Å². The van der Waals surface area contributed by atoms with Crippen LogP contribution in [0.25, 0.3) is 10.9 Å². The van der Waals surface area contributed by atoms with Crippen LogP contribution in [0, 0.1) is 6.92 Å². The molecule has 0 saturated carbocycles. The molecule has 0 unspecified atom stereocenters. The molecule has 3 rings (SSSR count). The van der Waals surface area contributed by atoms with Gasteiger partial charge in [-0.1, -0.05) is 0 Å². The molecule has 6 heteroatoms. The Labute approximate surface area is 135 Å². The normalized spacial score (nSPS) is 16.3. The number of carbonyl (C=O) groups is 1. The Kier molecular flexibility index (Phi) is 4.02. The molecule has 1 saturated heterocycles. The second-order valence-electron chi connectivity index (χ2n) is 6.33. The monoisotopic (exact) mass is 317 g/mol. The van der Waals surface area contributed by atoms with E-state index in [9.17, 15) is 9.59 Å². The van der Waals surface area contributed by atoms with Gasteiger partial charge in [0.1, 0.15) is 0 Å². The average molecular weight is 317 g/mol. The van der Waals surface area contributed by atoms with E-state index in [1.54, 1.807) is 24.9 Å². The number of nitrogens with zero attached hydrogens (tertiary/aromatic N) is 3. The minimum Gasteiger partial charge on any atom is -0.381 e. The van der Waals surface area contributed by atoms with Gasteiger partial charge in [0.15, 0.2) is 0 Å². The number of piperidine rings is 1. The van der Waals surface area contributed by atoms with Crippen molar-refractivity contribution in [2.75, 3.05) is 20.2 Å². The van der Waals surface area contributed by atoms with Crippen LogP contribution in [0.2, 0.25) is 0 Å². The molecule has 0 spiro atoms. The van der Waals surface area contributed by atoms with Gasteiger partial charge in [0.25, 0.3) is 11.5 Å². The number of rotatable bonds is 2. The number of pyridine rings is 1. The van der Waals surface area contributed by atoms with Crippen LogP contribution in [0.3, 0.4) is 0 Å². The molecule has 0 aromatic carbocycles. The van der Waals surface area contributed by atoms with Crippen LogP contribution in [-0.4, -0.2) is 46.2 Å². The largest absolute Gasteiger partial charge is 0.381 e. The number of hydrogen-bond donors (Lipinski definition) is 0. The maximum atomic E-state index is 12.9. The zero-order chi connectivity index (χ0) is 16.7. The van der Waals surface area contributed by atoms with Crippen LogP contribution < -0.4 is 5.56 Å². The van der Waals surface area contributed by atoms with Gasteiger partial charge >= 0.3 is 0 Å². The van der Waals surface area contributed by atoms with E-state index >= 15 is 0 Å². The lowest BCUT2D eigenvalue weighted by atomic mass is 10.1. The summed E-state index contributed by atoms with van der Waals surface area (Å²) in [6.45, 7) is 3.29. The lowest BCUT2D eigenvalue weighted by molar-refractivity contribution is 0.0351. The molecule has 6 nitrogen and oxygen atoms in total. The predicted molar refractivity (Wildman–Crippen MR) is 88.8 cm³/mol. The Morgan fingerprint density at radius 2 is 1.83 bits per heavy atom. The van der Waals surface area contributed by atoms with E-state index in [0.29, 0.717) is 24.0 Å². The Morgan fingerprint density at radius 3 is 2.43 bits per heavy atom. The number of methoxy groups -OCH3 is 1. The summed E-state index contributed by atoms with van der Waals surface area (Å²) in [6, 6.07) is 0. The molecule has 23 heavy (non-hydrogen) atoms. The van der Waals surface area contributed by atoms with Gasteiger partial charge in [-0.25, -0.2) is 0 Å². The van der Waals surface area contributed by atoms with Crippen LogP contribution in [0.5, 0.6) is 0 Å². The standard InChI is InChI=1S/C17H23N3O3/c1-11-9-19(3)17(22)14-13(10-18(2)15(11)14)16(21)20-7-5-12(23-4)6-8-20/h9-10,12H,5-8H2,1-4H3. The SMILES string of the molecule is COC1CCN(C(=O)c2cn(C)c3c(C)cn(C)c(=O)c23)CC1. The minimum absolute atomic E-state index is 0.0622. The van der Waals surface area contributed by atoms with Gasteiger partial charge in [-0.05, 0) is 25.3 Å². The highest BCUT2D eigenvalue weighted by atomic mass is 16.5. The summed E-state index contributed by atoms with van der Waals surface area (Å²) < 4.78 is 8.78. The average Bonchev–Trinajstić information content (AvgIpc) is 2.90. The fraction of sp³-hybridized carbons (Fsp3) is 0.529. The van der Waals surface area contributed by atoms with Crippen molar-refractivity contribution in [1.29, 1.82) is 0 Å². The number of likely N-dealkylation sites (tertiary alicyclic amines) is 1. The molecule has 0 N–H and O–H groups in total. The summed E-state index contributed by atoms with van der Waals surface area (Å²) in [5.41, 5.74) is 2.20. The zero-order valence-corrected chi connectivity index (χ0v) is 14.1. The van der Waals surface area contributed by atoms with Crippen molar-refractivity contribution in [3.63, 3.8) is 0 Å². The van der Waals surface area contributed by atoms with E-state index in [1.165, 1.54) is 0 Å². The van der Waals surface area contributed by atoms with Crippen molar-refractivity contribution in [1.82, 2.24) is 14.0 Å². The fourth-order valence-corrected chi connectivity index (χ4v) is 3.53. The highest BCUT2D eigenvalue weighted by molar-refractivity contribution is 6.07. The van der Waals surface area contributed by atoms with Gasteiger partial charge in [-0.3, -0.25) is 9.59 Å². The minimum atomic E-state index is -0.124. The van der Waals surface area contributed by atoms with E-state index in [2.05, 4.69) is 0 Å². The molecule has 124 valence electrons. The number of ether oxygens (including phenoxy) is 1. The van der Waals surface area contributed by atoms with Gasteiger partial charge in [-0.2, -0.15) is 0 Å². The van der Waals surface area contributed by atoms with E-state index in [4.69, 9.17) is 4.74 Å². The summed E-state index contributed by atoms with van der Waals surface area (Å²) in [4.78, 5) is 27.3. The molecule has 1 amide bonds. The summed E-state index contributed by atoms with van der Waals surface area (Å²) in [6.07, 6.45) is 5.49. The fourth-order valence-electron chi connectivity index (χ4n) is 3.53. The van der Waals surface area contributed by atoms with E-state index < -0.39 is 0 Å². The predicted octanol–water partition coefficient (Wildman–Crippen LogP) is 1.44. The maximum absolute atomic E-state index is 12.9. The second kappa shape index (κ2) is 5.85. The molecule has 2 aromatic heterocycles. The summed E-state index contributed by atoms with van der Waals surface area (Å²) in [5, 5.41) is 0.522. The number of fused-ring (bicyclic) bond motifs is 1. The number of aryl methyl sites for hydroxylation is 3. The number of carbonyl (C=O) groups excluding carboxylic acids is 1. The summed E-state index contributed by atoms with van der Waals surface area (Å²) in [5.74, 6) is -0.0622. The lowest BCUT2D eigenvalue weighted by Gasteiger charge is -2.31. The van der Waals surface area contributed by atoms with Crippen molar-refractivity contribution in [2.45, 2.75) is 25.9 Å². The number of amides is 1. The summed E-state index contributed by atoms with van der Waals surface area (Å²) in [7, 11) is 5.31. The first-order chi connectivity index (χ1) is 10.9. The third-order valence-corrected chi connectivity index (χ3v) is 4.77. The van der Waals surface area contributed by atoms with Gasteiger partial charge < -0.3 is 18.8 Å². The Morgan fingerprint density at radius 1 is 1.17 bits per heavy atom. The lowest BCUT2D eigenvalue weighted by Crippen LogP contribution is -2.40. The van der Waals surface area contributed by atoms with Crippen LogP contribution in [0.4, 0.5) is 0 Å². The van der Waals surface area contributed by atoms with Gasteiger partial charge in [0, 0.05) is 46.7 Å². The highest BCUT2D eigenvalue weighted by Gasteiger charge is 2.27. The molecular formula is C17H23N3O3. The zero-order valence-electron chi connectivity index (χ0n) is 14.1. The van der Waals surface area contributed by atoms with Crippen LogP contribution in [0.15, 0.2) is 17.2 Å². The van der Waals surface area contributed by atoms with Crippen LogP contribution >= 0.6 is 0 Å². The van der Waals surface area contributed by atoms with Crippen LogP contribution in [0.1, 0.15) is 28.8 Å². The Balaban J connectivity index is 2.04. The summed E-state index contributed by atoms with van der Waals surface area (Å²) >= 11 is 0. The highest BCUT2D eigenvalue weighted by Crippen LogP contribution is 2.23. The molecule has 3 heterocycles. The van der Waals surface area contributed by atoms with Crippen molar-refractivity contribution >= 4 is 16.8 Å². The molecule has 0 bridgehead atoms. The third-order valence-electron chi connectivity index (χ3n) is 4.77. The quantitative estimate of drug-likeness (QED) is 0.842. The molecule has 1 fully saturated rings. The van der Waals surface area contributed by atoms with Gasteiger partial charge in [0.05, 0.1) is 22.6 Å². The third kappa shape index (κ3) is 2.57. The van der Waals surface area contributed by atoms with E-state index in [1.807, 2.05) is 29.6 Å². The Bertz CT molecular complexity index is 811. The number of aromatic nitrogens is 2. The molecule has 1 aliphatic heterocycles.